The molecule has 2 heterocycles. The molecule has 1 saturated heterocycles. The molecule has 1 N–H and O–H groups in total. The Kier molecular flexibility index (Phi) is 5.12. The molecule has 0 saturated carbocycles. The van der Waals surface area contributed by atoms with Gasteiger partial charge in [-0.1, -0.05) is 29.4 Å². The molecule has 0 bridgehead atoms. The van der Waals surface area contributed by atoms with E-state index in [0.717, 1.165) is 11.8 Å². The van der Waals surface area contributed by atoms with Crippen LogP contribution in [0, 0.1) is 0 Å². The Hall–Kier alpha value is -1.58. The second-order valence-electron chi connectivity index (χ2n) is 5.35. The maximum atomic E-state index is 11.9. The largest absolute Gasteiger partial charge is 0.416 e. The number of anilines is 1. The summed E-state index contributed by atoms with van der Waals surface area (Å²) in [4.78, 5) is 11.9. The van der Waals surface area contributed by atoms with Crippen LogP contribution in [0.4, 0.5) is 5.69 Å². The molecule has 1 aliphatic heterocycles. The van der Waals surface area contributed by atoms with Crippen LogP contribution in [0.3, 0.4) is 0 Å². The summed E-state index contributed by atoms with van der Waals surface area (Å²) in [5, 5.41) is 11.2. The molecular weight excluding hydrogens is 374 g/mol. The summed E-state index contributed by atoms with van der Waals surface area (Å²) in [6, 6.07) is 6.84. The number of thioether (sulfide) groups is 1. The average Bonchev–Trinajstić information content (AvgIpc) is 3.11. The van der Waals surface area contributed by atoms with Gasteiger partial charge in [0.1, 0.15) is 0 Å². The molecule has 0 unspecified atom stereocenters. The number of hydrogen-bond acceptors (Lipinski definition) is 7. The standard InChI is InChI=1S/C14H14ClN3O4S2/c15-10-2-1-3-11(6-10)16-12(19)7-23-14-18-17-13(22-14)9-4-5-24(20,21)8-9/h1-3,6,9H,4-5,7-8H2,(H,16,19)/t9-/m1/s1. The molecule has 1 aromatic carbocycles. The molecule has 1 atom stereocenters. The van der Waals surface area contributed by atoms with E-state index in [-0.39, 0.29) is 34.3 Å². The highest BCUT2D eigenvalue weighted by Gasteiger charge is 2.32. The van der Waals surface area contributed by atoms with Crippen molar-refractivity contribution in [1.29, 1.82) is 0 Å². The SMILES string of the molecule is O=C(CSc1nnc([C@@H]2CCS(=O)(=O)C2)o1)Nc1cccc(Cl)c1. The summed E-state index contributed by atoms with van der Waals surface area (Å²) >= 11 is 6.95. The molecule has 7 nitrogen and oxygen atoms in total. The Morgan fingerprint density at radius 2 is 2.25 bits per heavy atom. The number of sulfone groups is 1. The molecule has 1 aliphatic rings. The number of aromatic nitrogens is 2. The van der Waals surface area contributed by atoms with Gasteiger partial charge in [-0.25, -0.2) is 8.42 Å². The summed E-state index contributed by atoms with van der Waals surface area (Å²) in [5.74, 6) is 0.104. The van der Waals surface area contributed by atoms with Crippen molar-refractivity contribution < 1.29 is 17.6 Å². The van der Waals surface area contributed by atoms with E-state index in [1.54, 1.807) is 24.3 Å². The zero-order chi connectivity index (χ0) is 17.2. The van der Waals surface area contributed by atoms with Crippen LogP contribution in [0.1, 0.15) is 18.2 Å². The van der Waals surface area contributed by atoms with Crippen molar-refractivity contribution in [3.63, 3.8) is 0 Å². The van der Waals surface area contributed by atoms with Crippen LogP contribution in [0.15, 0.2) is 33.9 Å². The van der Waals surface area contributed by atoms with Gasteiger partial charge in [0.05, 0.1) is 23.2 Å². The number of nitrogens with one attached hydrogen (secondary N) is 1. The summed E-state index contributed by atoms with van der Waals surface area (Å²) in [6.45, 7) is 0. The van der Waals surface area contributed by atoms with E-state index in [0.29, 0.717) is 23.0 Å². The monoisotopic (exact) mass is 387 g/mol. The minimum Gasteiger partial charge on any atom is -0.416 e. The molecule has 3 rings (SSSR count). The van der Waals surface area contributed by atoms with Crippen molar-refractivity contribution in [2.75, 3.05) is 22.6 Å². The van der Waals surface area contributed by atoms with Crippen LogP contribution < -0.4 is 5.32 Å². The van der Waals surface area contributed by atoms with Crippen LogP contribution >= 0.6 is 23.4 Å². The Bertz CT molecular complexity index is 853. The lowest BCUT2D eigenvalue weighted by molar-refractivity contribution is -0.113. The fourth-order valence-electron chi connectivity index (χ4n) is 2.32. The van der Waals surface area contributed by atoms with Gasteiger partial charge >= 0.3 is 0 Å². The summed E-state index contributed by atoms with van der Waals surface area (Å²) in [7, 11) is -3.01. The van der Waals surface area contributed by atoms with Crippen LogP contribution in [0.2, 0.25) is 5.02 Å². The van der Waals surface area contributed by atoms with Gasteiger partial charge in [-0.3, -0.25) is 4.79 Å². The lowest BCUT2D eigenvalue weighted by atomic mass is 10.1. The number of benzene rings is 1. The molecular formula is C14H14ClN3O4S2. The number of carbonyl (C=O) groups is 1. The lowest BCUT2D eigenvalue weighted by Gasteiger charge is -2.04. The van der Waals surface area contributed by atoms with Crippen molar-refractivity contribution in [1.82, 2.24) is 10.2 Å². The first kappa shape index (κ1) is 17.2. The predicted octanol–water partition coefficient (Wildman–Crippen LogP) is 2.36. The van der Waals surface area contributed by atoms with Gasteiger partial charge in [-0.15, -0.1) is 10.2 Å². The normalized spacial score (nSPS) is 19.3. The molecule has 0 spiro atoms. The molecule has 0 aliphatic carbocycles. The van der Waals surface area contributed by atoms with E-state index < -0.39 is 9.84 Å². The Balaban J connectivity index is 1.53. The highest BCUT2D eigenvalue weighted by atomic mass is 35.5. The minimum absolute atomic E-state index is 0.0363. The zero-order valence-electron chi connectivity index (χ0n) is 12.4. The second kappa shape index (κ2) is 7.12. The van der Waals surface area contributed by atoms with E-state index in [2.05, 4.69) is 15.5 Å². The molecule has 1 fully saturated rings. The highest BCUT2D eigenvalue weighted by Crippen LogP contribution is 2.29. The molecule has 24 heavy (non-hydrogen) atoms. The number of halogens is 1. The zero-order valence-corrected chi connectivity index (χ0v) is 14.8. The maximum absolute atomic E-state index is 11.9. The van der Waals surface area contributed by atoms with E-state index in [4.69, 9.17) is 16.0 Å². The molecule has 2 aromatic rings. The minimum atomic E-state index is -3.01. The molecule has 1 aromatic heterocycles. The fraction of sp³-hybridized carbons (Fsp3) is 0.357. The number of nitrogens with zero attached hydrogens (tertiary/aromatic N) is 2. The van der Waals surface area contributed by atoms with Crippen molar-refractivity contribution in [3.8, 4) is 0 Å². The van der Waals surface area contributed by atoms with Gasteiger partial charge in [0.2, 0.25) is 11.8 Å². The summed E-state index contributed by atoms with van der Waals surface area (Å²) in [6.07, 6.45) is 0.490. The quantitative estimate of drug-likeness (QED) is 0.785. The first-order valence-electron chi connectivity index (χ1n) is 7.13. The second-order valence-corrected chi connectivity index (χ2v) is 8.95. The van der Waals surface area contributed by atoms with Crippen molar-refractivity contribution in [2.45, 2.75) is 17.6 Å². The number of hydrogen-bond donors (Lipinski definition) is 1. The predicted molar refractivity (Wildman–Crippen MR) is 91.1 cm³/mol. The van der Waals surface area contributed by atoms with E-state index in [9.17, 15) is 13.2 Å². The Morgan fingerprint density at radius 3 is 2.96 bits per heavy atom. The van der Waals surface area contributed by atoms with E-state index in [1.165, 1.54) is 0 Å². The number of rotatable bonds is 5. The third-order valence-electron chi connectivity index (χ3n) is 3.44. The highest BCUT2D eigenvalue weighted by molar-refractivity contribution is 7.99. The van der Waals surface area contributed by atoms with Gasteiger partial charge in [0, 0.05) is 10.7 Å². The van der Waals surface area contributed by atoms with Gasteiger partial charge in [0.15, 0.2) is 9.84 Å². The van der Waals surface area contributed by atoms with Crippen LogP contribution in [-0.4, -0.2) is 41.8 Å². The van der Waals surface area contributed by atoms with Gasteiger partial charge < -0.3 is 9.73 Å². The van der Waals surface area contributed by atoms with Gasteiger partial charge in [-0.05, 0) is 24.6 Å². The van der Waals surface area contributed by atoms with Crippen LogP contribution in [0.25, 0.3) is 0 Å². The summed E-state index contributed by atoms with van der Waals surface area (Å²) in [5.41, 5.74) is 0.607. The van der Waals surface area contributed by atoms with Crippen molar-refractivity contribution in [3.05, 3.63) is 35.2 Å². The van der Waals surface area contributed by atoms with Crippen molar-refractivity contribution >= 4 is 44.8 Å². The van der Waals surface area contributed by atoms with E-state index >= 15 is 0 Å². The lowest BCUT2D eigenvalue weighted by Crippen LogP contribution is -2.13. The first-order valence-corrected chi connectivity index (χ1v) is 10.3. The number of carbonyl (C=O) groups excluding carboxylic acids is 1. The maximum Gasteiger partial charge on any atom is 0.277 e. The average molecular weight is 388 g/mol. The smallest absolute Gasteiger partial charge is 0.277 e. The van der Waals surface area contributed by atoms with E-state index in [1.807, 2.05) is 0 Å². The first-order chi connectivity index (χ1) is 11.4. The molecule has 128 valence electrons. The fourth-order valence-corrected chi connectivity index (χ4v) is 4.82. The molecule has 10 heteroatoms. The van der Waals surface area contributed by atoms with Gasteiger partial charge in [0.25, 0.3) is 5.22 Å². The molecule has 1 amide bonds. The van der Waals surface area contributed by atoms with Crippen LogP contribution in [0.5, 0.6) is 0 Å². The Labute approximate surface area is 148 Å². The summed E-state index contributed by atoms with van der Waals surface area (Å²) < 4.78 is 28.4. The third kappa shape index (κ3) is 4.49. The van der Waals surface area contributed by atoms with Crippen LogP contribution in [-0.2, 0) is 14.6 Å². The van der Waals surface area contributed by atoms with Crippen molar-refractivity contribution in [2.24, 2.45) is 0 Å². The molecule has 0 radical (unpaired) electrons. The van der Waals surface area contributed by atoms with Gasteiger partial charge in [-0.2, -0.15) is 0 Å². The third-order valence-corrected chi connectivity index (χ3v) is 6.26. The topological polar surface area (TPSA) is 102 Å². The number of amides is 1. The Morgan fingerprint density at radius 1 is 1.42 bits per heavy atom.